The van der Waals surface area contributed by atoms with Gasteiger partial charge in [-0.15, -0.1) is 0 Å². The number of aliphatic hydroxyl groups excluding tert-OH is 1. The van der Waals surface area contributed by atoms with Crippen molar-refractivity contribution in [3.63, 3.8) is 0 Å². The van der Waals surface area contributed by atoms with Gasteiger partial charge in [-0.25, -0.2) is 0 Å². The number of halogens is 3. The Hall–Kier alpha value is -2.30. The molecule has 0 spiro atoms. The average molecular weight is 401 g/mol. The number of fused-ring (bicyclic) bond motifs is 1. The van der Waals surface area contributed by atoms with Crippen LogP contribution in [0.5, 0.6) is 5.75 Å². The number of pyridine rings is 1. The van der Waals surface area contributed by atoms with Crippen LogP contribution in [0.3, 0.4) is 0 Å². The molecule has 0 radical (unpaired) electrons. The second-order valence-corrected chi connectivity index (χ2v) is 6.70. The van der Waals surface area contributed by atoms with E-state index in [1.807, 2.05) is 18.2 Å². The molecule has 0 saturated heterocycles. The number of imidazole rings is 1. The lowest BCUT2D eigenvalue weighted by Gasteiger charge is -2.14. The van der Waals surface area contributed by atoms with Gasteiger partial charge in [0.25, 0.3) is 0 Å². The molecule has 27 heavy (non-hydrogen) atoms. The molecule has 1 unspecified atom stereocenters. The molecule has 146 valence electrons. The van der Waals surface area contributed by atoms with Crippen LogP contribution in [0.2, 0.25) is 0 Å². The largest absolute Gasteiger partial charge is 0.609 e. The summed E-state index contributed by atoms with van der Waals surface area (Å²) in [5.41, 5.74) is 2.28. The molecule has 1 atom stereocenters. The molecule has 2 aromatic heterocycles. The van der Waals surface area contributed by atoms with Crippen molar-refractivity contribution in [2.75, 3.05) is 13.7 Å². The lowest BCUT2D eigenvalue weighted by atomic mass is 10.2. The minimum absolute atomic E-state index is 0.0227. The van der Waals surface area contributed by atoms with E-state index in [9.17, 15) is 17.7 Å². The third kappa shape index (κ3) is 5.59. The maximum Gasteiger partial charge on any atom is 0.422 e. The molecule has 2 N–H and O–H groups in total. The summed E-state index contributed by atoms with van der Waals surface area (Å²) in [5, 5.41) is 7.30. The van der Waals surface area contributed by atoms with Crippen molar-refractivity contribution in [1.82, 2.24) is 15.0 Å². The van der Waals surface area contributed by atoms with Crippen molar-refractivity contribution in [2.24, 2.45) is 0 Å². The Balaban J connectivity index is 0.00000126. The molecule has 3 aromatic rings. The van der Waals surface area contributed by atoms with Gasteiger partial charge in [-0.1, -0.05) is 12.1 Å². The number of hydrogen-bond acceptors (Lipinski definition) is 5. The number of rotatable bonds is 5. The molecule has 0 bridgehead atoms. The third-order valence-electron chi connectivity index (χ3n) is 3.50. The highest BCUT2D eigenvalue weighted by Crippen LogP contribution is 2.25. The number of para-hydroxylation sites is 2. The predicted molar refractivity (Wildman–Crippen MR) is 94.9 cm³/mol. The second kappa shape index (κ2) is 9.07. The lowest BCUT2D eigenvalue weighted by Crippen LogP contribution is -2.20. The summed E-state index contributed by atoms with van der Waals surface area (Å²) in [6, 6.07) is 8.62. The van der Waals surface area contributed by atoms with Gasteiger partial charge in [-0.05, 0) is 25.1 Å². The predicted octanol–water partition coefficient (Wildman–Crippen LogP) is 3.12. The quantitative estimate of drug-likeness (QED) is 0.641. The lowest BCUT2D eigenvalue weighted by molar-refractivity contribution is -0.153. The van der Waals surface area contributed by atoms with Gasteiger partial charge < -0.3 is 14.4 Å². The molecule has 0 fully saturated rings. The van der Waals surface area contributed by atoms with Crippen LogP contribution in [0.15, 0.2) is 41.7 Å². The number of H-pyrrole nitrogens is 1. The molecule has 2 heterocycles. The molecule has 0 aliphatic heterocycles. The van der Waals surface area contributed by atoms with E-state index in [1.165, 1.54) is 12.3 Å². The summed E-state index contributed by atoms with van der Waals surface area (Å²) in [6.45, 7) is 0.202. The number of nitrogens with one attached hydrogen (secondary N) is 1. The Morgan fingerprint density at radius 3 is 2.59 bits per heavy atom. The Bertz CT molecular complexity index is 853. The van der Waals surface area contributed by atoms with Crippen molar-refractivity contribution in [1.29, 1.82) is 0 Å². The summed E-state index contributed by atoms with van der Waals surface area (Å²) >= 11 is -1.51. The zero-order valence-electron chi connectivity index (χ0n) is 14.6. The molecule has 0 aliphatic carbocycles. The van der Waals surface area contributed by atoms with Crippen molar-refractivity contribution >= 4 is 22.2 Å². The summed E-state index contributed by atoms with van der Waals surface area (Å²) in [6.07, 6.45) is -3.09. The minimum Gasteiger partial charge on any atom is -0.609 e. The van der Waals surface area contributed by atoms with Crippen molar-refractivity contribution in [3.05, 3.63) is 47.8 Å². The normalized spacial score (nSPS) is 12.4. The zero-order valence-corrected chi connectivity index (χ0v) is 15.4. The molecule has 0 saturated carbocycles. The highest BCUT2D eigenvalue weighted by atomic mass is 32.2. The van der Waals surface area contributed by atoms with Crippen LogP contribution in [0.1, 0.15) is 11.3 Å². The van der Waals surface area contributed by atoms with Gasteiger partial charge >= 0.3 is 11.3 Å². The van der Waals surface area contributed by atoms with Gasteiger partial charge in [0.05, 0.1) is 16.7 Å². The smallest absolute Gasteiger partial charge is 0.422 e. The van der Waals surface area contributed by atoms with E-state index >= 15 is 0 Å². The molecule has 0 aliphatic rings. The number of ether oxygens (including phenoxy) is 1. The highest BCUT2D eigenvalue weighted by Gasteiger charge is 2.29. The minimum atomic E-state index is -4.42. The first-order chi connectivity index (χ1) is 12.8. The third-order valence-corrected chi connectivity index (χ3v) is 4.66. The van der Waals surface area contributed by atoms with Crippen LogP contribution in [0.4, 0.5) is 13.2 Å². The fourth-order valence-electron chi connectivity index (χ4n) is 2.25. The Morgan fingerprint density at radius 1 is 1.22 bits per heavy atom. The number of hydrogen-bond donors (Lipinski definition) is 2. The maximum absolute atomic E-state index is 12.5. The molecule has 6 nitrogen and oxygen atoms in total. The fraction of sp³-hybridized carbons (Fsp3) is 0.294. The second-order valence-electron chi connectivity index (χ2n) is 5.33. The SMILES string of the molecule is CO.Cc1c(OCC(F)(F)F)ccnc1C[S+]([O-])c1nc2ccccc2[nH]1. The fourth-order valence-corrected chi connectivity index (χ4v) is 3.35. The van der Waals surface area contributed by atoms with Crippen LogP contribution in [-0.4, -0.2) is 44.5 Å². The number of nitrogens with zero attached hydrogens (tertiary/aromatic N) is 2. The summed E-state index contributed by atoms with van der Waals surface area (Å²) < 4.78 is 54.2. The van der Waals surface area contributed by atoms with E-state index in [2.05, 4.69) is 15.0 Å². The standard InChI is InChI=1S/C16H14F3N3O2S.CH4O/c1-10-13(20-7-6-14(10)24-9-16(17,18)19)8-25(23)15-21-11-4-2-3-5-12(11)22-15;1-2/h2-7H,8-9H2,1H3,(H,21,22);2H,1H3. The maximum atomic E-state index is 12.5. The van der Waals surface area contributed by atoms with Crippen LogP contribution in [-0.2, 0) is 16.9 Å². The van der Waals surface area contributed by atoms with Crippen molar-refractivity contribution < 1.29 is 27.6 Å². The molecular formula is C17H18F3N3O3S. The topological polar surface area (TPSA) is 94.1 Å². The van der Waals surface area contributed by atoms with E-state index in [0.29, 0.717) is 21.9 Å². The zero-order chi connectivity index (χ0) is 20.0. The van der Waals surface area contributed by atoms with E-state index in [0.717, 1.165) is 12.6 Å². The number of aliphatic hydroxyl groups is 1. The Labute approximate surface area is 156 Å². The number of aromatic nitrogens is 3. The van der Waals surface area contributed by atoms with Gasteiger partial charge in [-0.3, -0.25) is 9.97 Å². The average Bonchev–Trinajstić information content (AvgIpc) is 3.08. The van der Waals surface area contributed by atoms with Crippen LogP contribution >= 0.6 is 0 Å². The van der Waals surface area contributed by atoms with Crippen molar-refractivity contribution in [2.45, 2.75) is 24.0 Å². The van der Waals surface area contributed by atoms with Crippen LogP contribution < -0.4 is 4.74 Å². The molecule has 1 aromatic carbocycles. The summed E-state index contributed by atoms with van der Waals surface area (Å²) in [5.74, 6) is 0.0958. The number of benzene rings is 1. The highest BCUT2D eigenvalue weighted by molar-refractivity contribution is 7.90. The first-order valence-electron chi connectivity index (χ1n) is 7.75. The van der Waals surface area contributed by atoms with Gasteiger partial charge in [-0.2, -0.15) is 18.2 Å². The van der Waals surface area contributed by atoms with Gasteiger partial charge in [0.15, 0.2) is 12.4 Å². The molecular weight excluding hydrogens is 383 g/mol. The van der Waals surface area contributed by atoms with Crippen LogP contribution in [0, 0.1) is 6.92 Å². The summed E-state index contributed by atoms with van der Waals surface area (Å²) in [4.78, 5) is 11.3. The van der Waals surface area contributed by atoms with E-state index < -0.39 is 24.0 Å². The van der Waals surface area contributed by atoms with Gasteiger partial charge in [0, 0.05) is 30.0 Å². The number of alkyl halides is 3. The summed E-state index contributed by atoms with van der Waals surface area (Å²) in [7, 11) is 1.00. The van der Waals surface area contributed by atoms with E-state index in [1.54, 1.807) is 13.0 Å². The van der Waals surface area contributed by atoms with Crippen LogP contribution in [0.25, 0.3) is 11.0 Å². The Morgan fingerprint density at radius 2 is 1.93 bits per heavy atom. The molecule has 0 amide bonds. The molecule has 10 heteroatoms. The van der Waals surface area contributed by atoms with E-state index in [4.69, 9.17) is 9.84 Å². The molecule has 3 rings (SSSR count). The Kier molecular flexibility index (Phi) is 7.05. The number of aromatic amines is 1. The van der Waals surface area contributed by atoms with E-state index in [-0.39, 0.29) is 11.5 Å². The first-order valence-corrected chi connectivity index (χ1v) is 9.07. The van der Waals surface area contributed by atoms with Crippen molar-refractivity contribution in [3.8, 4) is 5.75 Å². The monoisotopic (exact) mass is 401 g/mol. The van der Waals surface area contributed by atoms with Gasteiger partial charge in [0.1, 0.15) is 5.75 Å². The first kappa shape index (κ1) is 21.0. The van der Waals surface area contributed by atoms with Gasteiger partial charge in [0.2, 0.25) is 0 Å².